The lowest BCUT2D eigenvalue weighted by atomic mass is 10.0. The van der Waals surface area contributed by atoms with E-state index in [-0.39, 0.29) is 12.1 Å². The van der Waals surface area contributed by atoms with Crippen LogP contribution in [0.4, 0.5) is 0 Å². The van der Waals surface area contributed by atoms with Crippen LogP contribution in [0.5, 0.6) is 0 Å². The van der Waals surface area contributed by atoms with E-state index in [0.29, 0.717) is 0 Å². The number of hydrazine groups is 1. The molecule has 5 heteroatoms. The summed E-state index contributed by atoms with van der Waals surface area (Å²) in [4.78, 5) is 2.41. The SMILES string of the molecule is CCN1CCOC(C(Cc2ccc(I)cc2)NN)C1. The average molecular weight is 375 g/mol. The molecule has 1 aliphatic rings. The highest BCUT2D eigenvalue weighted by Gasteiger charge is 2.26. The smallest absolute Gasteiger partial charge is 0.0871 e. The maximum absolute atomic E-state index is 5.87. The third-order valence-corrected chi connectivity index (χ3v) is 4.38. The molecule has 0 saturated carbocycles. The highest BCUT2D eigenvalue weighted by molar-refractivity contribution is 14.1. The van der Waals surface area contributed by atoms with Crippen molar-refractivity contribution in [2.45, 2.75) is 25.5 Å². The number of nitrogens with zero attached hydrogens (tertiary/aromatic N) is 1. The van der Waals surface area contributed by atoms with Gasteiger partial charge in [0.05, 0.1) is 18.8 Å². The van der Waals surface area contributed by atoms with Crippen LogP contribution in [0.1, 0.15) is 12.5 Å². The highest BCUT2D eigenvalue weighted by Crippen LogP contribution is 2.14. The van der Waals surface area contributed by atoms with Gasteiger partial charge in [-0.05, 0) is 53.3 Å². The van der Waals surface area contributed by atoms with Gasteiger partial charge in [0.1, 0.15) is 0 Å². The van der Waals surface area contributed by atoms with Crippen LogP contribution in [0.15, 0.2) is 24.3 Å². The Hall–Kier alpha value is -0.210. The summed E-state index contributed by atoms with van der Waals surface area (Å²) in [5.41, 5.74) is 4.22. The molecule has 1 aromatic carbocycles. The van der Waals surface area contributed by atoms with Gasteiger partial charge in [0.15, 0.2) is 0 Å². The molecule has 0 aliphatic carbocycles. The Morgan fingerprint density at radius 1 is 1.47 bits per heavy atom. The van der Waals surface area contributed by atoms with Gasteiger partial charge in [-0.1, -0.05) is 19.1 Å². The Labute approximate surface area is 128 Å². The fourth-order valence-electron chi connectivity index (χ4n) is 2.43. The number of nitrogens with two attached hydrogens (primary N) is 1. The zero-order valence-electron chi connectivity index (χ0n) is 11.3. The van der Waals surface area contributed by atoms with Gasteiger partial charge in [0.2, 0.25) is 0 Å². The van der Waals surface area contributed by atoms with Crippen molar-refractivity contribution in [1.29, 1.82) is 0 Å². The molecule has 1 aromatic rings. The van der Waals surface area contributed by atoms with Crippen LogP contribution in [0.2, 0.25) is 0 Å². The molecule has 3 N–H and O–H groups in total. The fourth-order valence-corrected chi connectivity index (χ4v) is 2.79. The highest BCUT2D eigenvalue weighted by atomic mass is 127. The van der Waals surface area contributed by atoms with E-state index in [2.05, 4.69) is 64.1 Å². The van der Waals surface area contributed by atoms with Crippen LogP contribution in [-0.2, 0) is 11.2 Å². The molecule has 2 rings (SSSR count). The summed E-state index contributed by atoms with van der Waals surface area (Å²) < 4.78 is 7.13. The fraction of sp³-hybridized carbons (Fsp3) is 0.571. The van der Waals surface area contributed by atoms with E-state index in [9.17, 15) is 0 Å². The van der Waals surface area contributed by atoms with Gasteiger partial charge < -0.3 is 4.74 Å². The van der Waals surface area contributed by atoms with Crippen LogP contribution in [0.3, 0.4) is 0 Å². The molecule has 0 aromatic heterocycles. The number of likely N-dealkylation sites (N-methyl/N-ethyl adjacent to an activating group) is 1. The number of halogens is 1. The lowest BCUT2D eigenvalue weighted by Crippen LogP contribution is -2.54. The van der Waals surface area contributed by atoms with E-state index in [1.807, 2.05) is 0 Å². The summed E-state index contributed by atoms with van der Waals surface area (Å²) in [6, 6.07) is 8.74. The molecule has 106 valence electrons. The number of hydrogen-bond acceptors (Lipinski definition) is 4. The van der Waals surface area contributed by atoms with Crippen molar-refractivity contribution in [1.82, 2.24) is 10.3 Å². The van der Waals surface area contributed by atoms with Crippen LogP contribution in [0, 0.1) is 3.57 Å². The van der Waals surface area contributed by atoms with Crippen LogP contribution < -0.4 is 11.3 Å². The Balaban J connectivity index is 1.97. The van der Waals surface area contributed by atoms with Crippen molar-refractivity contribution >= 4 is 22.6 Å². The number of nitrogens with one attached hydrogen (secondary N) is 1. The minimum atomic E-state index is 0.161. The molecule has 1 fully saturated rings. The van der Waals surface area contributed by atoms with E-state index < -0.39 is 0 Å². The van der Waals surface area contributed by atoms with Gasteiger partial charge in [-0.3, -0.25) is 16.2 Å². The maximum Gasteiger partial charge on any atom is 0.0871 e. The topological polar surface area (TPSA) is 50.5 Å². The minimum absolute atomic E-state index is 0.161. The van der Waals surface area contributed by atoms with Crippen molar-refractivity contribution in [2.75, 3.05) is 26.2 Å². The average Bonchev–Trinajstić information content (AvgIpc) is 2.46. The molecular formula is C14H22IN3O. The first-order chi connectivity index (χ1) is 9.22. The minimum Gasteiger partial charge on any atom is -0.374 e. The first-order valence-electron chi connectivity index (χ1n) is 6.77. The van der Waals surface area contributed by atoms with Crippen molar-refractivity contribution in [3.8, 4) is 0 Å². The van der Waals surface area contributed by atoms with Crippen LogP contribution in [0.25, 0.3) is 0 Å². The molecule has 0 amide bonds. The quantitative estimate of drug-likeness (QED) is 0.464. The molecule has 0 spiro atoms. The molecule has 0 radical (unpaired) electrons. The normalized spacial score (nSPS) is 22.4. The lowest BCUT2D eigenvalue weighted by Gasteiger charge is -2.36. The molecule has 2 atom stereocenters. The first-order valence-corrected chi connectivity index (χ1v) is 7.85. The summed E-state index contributed by atoms with van der Waals surface area (Å²) >= 11 is 2.32. The summed E-state index contributed by atoms with van der Waals surface area (Å²) in [6.07, 6.45) is 1.06. The zero-order chi connectivity index (χ0) is 13.7. The van der Waals surface area contributed by atoms with E-state index >= 15 is 0 Å². The van der Waals surface area contributed by atoms with Crippen LogP contribution >= 0.6 is 22.6 Å². The molecule has 4 nitrogen and oxygen atoms in total. The maximum atomic E-state index is 5.87. The summed E-state index contributed by atoms with van der Waals surface area (Å²) in [6.45, 7) is 6.03. The number of hydrogen-bond donors (Lipinski definition) is 2. The Morgan fingerprint density at radius 2 is 2.21 bits per heavy atom. The first kappa shape index (κ1) is 15.2. The number of ether oxygens (including phenoxy) is 1. The van der Waals surface area contributed by atoms with Gasteiger partial charge >= 0.3 is 0 Å². The predicted molar refractivity (Wildman–Crippen MR) is 85.8 cm³/mol. The molecule has 19 heavy (non-hydrogen) atoms. The van der Waals surface area contributed by atoms with Crippen molar-refractivity contribution < 1.29 is 4.74 Å². The van der Waals surface area contributed by atoms with E-state index in [4.69, 9.17) is 10.6 Å². The van der Waals surface area contributed by atoms with Gasteiger partial charge in [-0.2, -0.15) is 0 Å². The number of rotatable bonds is 5. The second kappa shape index (κ2) is 7.54. The molecule has 2 unspecified atom stereocenters. The molecular weight excluding hydrogens is 353 g/mol. The third kappa shape index (κ3) is 4.39. The summed E-state index contributed by atoms with van der Waals surface area (Å²) in [5.74, 6) is 5.72. The second-order valence-electron chi connectivity index (χ2n) is 4.91. The van der Waals surface area contributed by atoms with E-state index in [1.54, 1.807) is 0 Å². The number of benzene rings is 1. The second-order valence-corrected chi connectivity index (χ2v) is 6.15. The Morgan fingerprint density at radius 3 is 2.84 bits per heavy atom. The third-order valence-electron chi connectivity index (χ3n) is 3.66. The van der Waals surface area contributed by atoms with Crippen molar-refractivity contribution in [3.63, 3.8) is 0 Å². The van der Waals surface area contributed by atoms with Gasteiger partial charge in [0, 0.05) is 16.7 Å². The Kier molecular flexibility index (Phi) is 6.03. The standard InChI is InChI=1S/C14H22IN3O/c1-2-18-7-8-19-14(10-18)13(17-16)9-11-3-5-12(15)6-4-11/h3-6,13-14,17H,2,7-10,16H2,1H3. The van der Waals surface area contributed by atoms with E-state index in [1.165, 1.54) is 9.13 Å². The van der Waals surface area contributed by atoms with Gasteiger partial charge in [0.25, 0.3) is 0 Å². The zero-order valence-corrected chi connectivity index (χ0v) is 13.5. The monoisotopic (exact) mass is 375 g/mol. The molecule has 0 bridgehead atoms. The van der Waals surface area contributed by atoms with Crippen LogP contribution in [-0.4, -0.2) is 43.3 Å². The van der Waals surface area contributed by atoms with Gasteiger partial charge in [-0.25, -0.2) is 0 Å². The molecule has 1 aliphatic heterocycles. The van der Waals surface area contributed by atoms with Crippen molar-refractivity contribution in [2.24, 2.45) is 5.84 Å². The largest absolute Gasteiger partial charge is 0.374 e. The van der Waals surface area contributed by atoms with Gasteiger partial charge in [-0.15, -0.1) is 0 Å². The number of morpholine rings is 1. The van der Waals surface area contributed by atoms with E-state index in [0.717, 1.165) is 32.7 Å². The summed E-state index contributed by atoms with van der Waals surface area (Å²) in [7, 11) is 0. The lowest BCUT2D eigenvalue weighted by molar-refractivity contribution is -0.0447. The molecule has 1 heterocycles. The predicted octanol–water partition coefficient (Wildman–Crippen LogP) is 1.39. The Bertz CT molecular complexity index is 385. The molecule has 1 saturated heterocycles. The summed E-state index contributed by atoms with van der Waals surface area (Å²) in [5, 5.41) is 0. The van der Waals surface area contributed by atoms with Crippen molar-refractivity contribution in [3.05, 3.63) is 33.4 Å².